The average Bonchev–Trinajstić information content (AvgIpc) is 0.811. The zero-order chi connectivity index (χ0) is 3.58. The second kappa shape index (κ2) is 7830. The normalized spacial score (nSPS) is 0.800. The molecule has 0 fully saturated rings. The lowest BCUT2D eigenvalue weighted by Gasteiger charge is -1.55. The van der Waals surface area contributed by atoms with Crippen molar-refractivity contribution < 1.29 is 156 Å². The Bertz CT molecular complexity index is 29.3. The van der Waals surface area contributed by atoms with Crippen molar-refractivity contribution in [2.45, 2.75) is 0 Å². The molecule has 0 aromatic carbocycles. The lowest BCUT2D eigenvalue weighted by atomic mass is 15.8. The molecule has 0 aromatic heterocycles. The van der Waals surface area contributed by atoms with Crippen LogP contribution in [0.3, 0.4) is 0 Å². The number of hydrogen-bond acceptors (Lipinski definition) is 1. The largest absolute Gasteiger partial charge is 0.761 e. The first kappa shape index (κ1) is 8740. The fourth-order valence-corrected chi connectivity index (χ4v) is 0. The maximum Gasteiger partial charge on any atom is 0.761 e. The molecule has 0 unspecified atom stereocenters. The molecule has 232 valence electrons. The minimum atomic E-state index is -3.13. The summed E-state index contributed by atoms with van der Waals surface area (Å²) >= 11 is 0. The zero-order valence-electron chi connectivity index (χ0n) is 14.8. The molecular formula is H54O29Si. The van der Waals surface area contributed by atoms with E-state index in [1.54, 1.807) is 0 Å². The predicted molar refractivity (Wildman–Crippen MR) is 105 cm³/mol. The fourth-order valence-electron chi connectivity index (χ4n) is 0. The van der Waals surface area contributed by atoms with Gasteiger partial charge in [0.2, 0.25) is 0 Å². The molecule has 54 N–H and O–H groups in total. The zero-order valence-corrected chi connectivity index (χ0v) is 15.8. The van der Waals surface area contributed by atoms with Gasteiger partial charge in [-0.05, 0) is 0 Å². The summed E-state index contributed by atoms with van der Waals surface area (Å²) in [5.74, 6) is 0. The minimum absolute atomic E-state index is 0. The number of hydrogen-bond donors (Lipinski definition) is 2. The highest BCUT2D eigenvalue weighted by atomic mass is 28.3. The molecule has 30 heteroatoms. The summed E-state index contributed by atoms with van der Waals surface area (Å²) in [7, 11) is -3.13. The summed E-state index contributed by atoms with van der Waals surface area (Å²) in [5.41, 5.74) is 0. The third-order valence-electron chi connectivity index (χ3n) is 0. The molecule has 0 saturated carbocycles. The Morgan fingerprint density at radius 1 is 0.233 bits per heavy atom. The molecule has 30 heavy (non-hydrogen) atoms. The van der Waals surface area contributed by atoms with Gasteiger partial charge in [-0.2, -0.15) is 0 Å². The predicted octanol–water partition coefficient (Wildman–Crippen LogP) is -23.1. The van der Waals surface area contributed by atoms with Crippen LogP contribution in [-0.4, -0.2) is 161 Å². The first-order chi connectivity index (χ1) is 1.73. The Kier molecular flexibility index (Phi) is 2280000. The van der Waals surface area contributed by atoms with Gasteiger partial charge in [-0.25, -0.2) is 0 Å². The van der Waals surface area contributed by atoms with E-state index in [4.69, 9.17) is 14.1 Å². The standard InChI is InChI=1S/H2O3Si.26H2O/c1-4(2)3;;;;;;;;;;;;;;;;;;;;;;;;;;/h1-2H;26*1H2. The molecule has 0 aliphatic carbocycles. The lowest BCUT2D eigenvalue weighted by Crippen LogP contribution is -1.90. The van der Waals surface area contributed by atoms with Gasteiger partial charge in [0.15, 0.2) is 0 Å². The topological polar surface area (TPSA) is 877 Å². The van der Waals surface area contributed by atoms with Crippen molar-refractivity contribution in [3.05, 3.63) is 0 Å². The van der Waals surface area contributed by atoms with Crippen molar-refractivity contribution in [2.75, 3.05) is 0 Å². The first-order valence-electron chi connectivity index (χ1n) is 0.651. The maximum atomic E-state index is 8.74. The Morgan fingerprint density at radius 3 is 0.233 bits per heavy atom. The molecule has 0 atom stereocenters. The van der Waals surface area contributed by atoms with E-state index in [1.807, 2.05) is 0 Å². The van der Waals surface area contributed by atoms with Crippen molar-refractivity contribution in [3.63, 3.8) is 0 Å². The maximum absolute atomic E-state index is 8.74. The van der Waals surface area contributed by atoms with Gasteiger partial charge in [0.25, 0.3) is 0 Å². The van der Waals surface area contributed by atoms with E-state index in [1.165, 1.54) is 0 Å². The average molecular weight is 546 g/mol. The molecule has 0 amide bonds. The second-order valence-electron chi connectivity index (χ2n) is 0.283. The van der Waals surface area contributed by atoms with Gasteiger partial charge in [-0.3, -0.25) is 4.46 Å². The summed E-state index contributed by atoms with van der Waals surface area (Å²) in [5, 5.41) is 0. The van der Waals surface area contributed by atoms with Gasteiger partial charge in [0.1, 0.15) is 0 Å². The van der Waals surface area contributed by atoms with E-state index in [0.717, 1.165) is 0 Å². The molecular weight excluding hydrogens is 492 g/mol. The molecule has 0 aromatic rings. The van der Waals surface area contributed by atoms with Gasteiger partial charge < -0.3 is 152 Å². The third-order valence-corrected chi connectivity index (χ3v) is 0. The summed E-state index contributed by atoms with van der Waals surface area (Å²) in [6, 6.07) is 0. The molecule has 0 bridgehead atoms. The lowest BCUT2D eigenvalue weighted by molar-refractivity contribution is 0.330. The van der Waals surface area contributed by atoms with Gasteiger partial charge in [-0.1, -0.05) is 0 Å². The molecule has 29 nitrogen and oxygen atoms in total. The highest BCUT2D eigenvalue weighted by Gasteiger charge is 1.85. The Labute approximate surface area is 167 Å². The van der Waals surface area contributed by atoms with Crippen LogP contribution in [0.5, 0.6) is 0 Å². The second-order valence-corrected chi connectivity index (χ2v) is 0.848. The van der Waals surface area contributed by atoms with E-state index < -0.39 is 9.17 Å². The van der Waals surface area contributed by atoms with Crippen molar-refractivity contribution in [1.29, 1.82) is 0 Å². The smallest absolute Gasteiger partial charge is 0.511 e. The molecule has 0 saturated heterocycles. The van der Waals surface area contributed by atoms with E-state index in [0.29, 0.717) is 0 Å². The van der Waals surface area contributed by atoms with Crippen LogP contribution >= 0.6 is 0 Å². The van der Waals surface area contributed by atoms with Crippen molar-refractivity contribution in [1.82, 2.24) is 0 Å². The van der Waals surface area contributed by atoms with Gasteiger partial charge in [-0.15, -0.1) is 0 Å². The quantitative estimate of drug-likeness (QED) is 0.279. The highest BCUT2D eigenvalue weighted by Crippen LogP contribution is 1.27. The van der Waals surface area contributed by atoms with Gasteiger partial charge in [0.05, 0.1) is 0 Å². The Balaban J connectivity index is -0.000000000138. The van der Waals surface area contributed by atoms with E-state index >= 15 is 0 Å². The summed E-state index contributed by atoms with van der Waals surface area (Å²) < 4.78 is 8.74. The van der Waals surface area contributed by atoms with Gasteiger partial charge >= 0.3 is 9.17 Å². The summed E-state index contributed by atoms with van der Waals surface area (Å²) in [4.78, 5) is 14.3. The van der Waals surface area contributed by atoms with Crippen LogP contribution in [0.1, 0.15) is 0 Å². The minimum Gasteiger partial charge on any atom is -0.511 e. The van der Waals surface area contributed by atoms with E-state index in [-0.39, 0.29) is 142 Å². The van der Waals surface area contributed by atoms with Crippen LogP contribution in [0, 0.1) is 0 Å². The van der Waals surface area contributed by atoms with Crippen LogP contribution in [-0.2, 0) is 4.46 Å². The van der Waals surface area contributed by atoms with Crippen molar-refractivity contribution >= 4 is 9.17 Å². The molecule has 0 radical (unpaired) electrons. The number of rotatable bonds is 0. The highest BCUT2D eigenvalue weighted by molar-refractivity contribution is 6.22. The Morgan fingerprint density at radius 2 is 0.233 bits per heavy atom. The SMILES string of the molecule is O.O.O.O.O.O.O.O.O.O.O.O.O.O.O.O.O.O.O.O.O.O.O.O.O.O.O=[Si](O)O. The molecule has 0 aliphatic rings. The van der Waals surface area contributed by atoms with Crippen LogP contribution in [0.2, 0.25) is 0 Å². The fraction of sp³-hybridized carbons (Fsp3) is 0. The van der Waals surface area contributed by atoms with Crippen LogP contribution < -0.4 is 0 Å². The monoisotopic (exact) mass is 546 g/mol. The van der Waals surface area contributed by atoms with Gasteiger partial charge in [0, 0.05) is 0 Å². The molecule has 0 spiro atoms. The van der Waals surface area contributed by atoms with Crippen LogP contribution in [0.4, 0.5) is 0 Å². The van der Waals surface area contributed by atoms with Crippen LogP contribution in [0.15, 0.2) is 0 Å². The first-order valence-corrected chi connectivity index (χ1v) is 1.95. The van der Waals surface area contributed by atoms with Crippen LogP contribution in [0.25, 0.3) is 0 Å². The van der Waals surface area contributed by atoms with Crippen molar-refractivity contribution in [3.8, 4) is 0 Å². The van der Waals surface area contributed by atoms with Crippen molar-refractivity contribution in [2.24, 2.45) is 0 Å². The summed E-state index contributed by atoms with van der Waals surface area (Å²) in [6.07, 6.45) is 0. The Hall–Kier alpha value is -1.42. The summed E-state index contributed by atoms with van der Waals surface area (Å²) in [6.45, 7) is 0. The third kappa shape index (κ3) is 8580. The van der Waals surface area contributed by atoms with E-state index in [9.17, 15) is 0 Å². The molecule has 0 aliphatic heterocycles. The van der Waals surface area contributed by atoms with E-state index in [2.05, 4.69) is 0 Å². The molecule has 0 heterocycles. The molecule has 0 rings (SSSR count).